The van der Waals surface area contributed by atoms with Gasteiger partial charge in [-0.25, -0.2) is 8.96 Å². The number of rotatable bonds is 1. The van der Waals surface area contributed by atoms with E-state index in [2.05, 4.69) is 4.98 Å². The number of nitrogens with zero attached hydrogens (tertiary/aromatic N) is 2. The number of hydrogen-bond acceptors (Lipinski definition) is 2. The molecule has 0 unspecified atom stereocenters. The Morgan fingerprint density at radius 2 is 2.18 bits per heavy atom. The summed E-state index contributed by atoms with van der Waals surface area (Å²) in [6.07, 6.45) is 1.47. The minimum absolute atomic E-state index is 0.159. The molecule has 0 N–H and O–H groups in total. The maximum Gasteiger partial charge on any atom is 0.171 e. The fourth-order valence-corrected chi connectivity index (χ4v) is 1.30. The Morgan fingerprint density at radius 3 is 3.00 bits per heavy atom. The SMILES string of the molecule is FSn1cnc2ccccc21. The first kappa shape index (κ1) is 6.67. The molecule has 1 heterocycles. The third-order valence-corrected chi connectivity index (χ3v) is 1.93. The van der Waals surface area contributed by atoms with E-state index in [9.17, 15) is 3.89 Å². The minimum atomic E-state index is 0.159. The standard InChI is InChI=1S/C7H5FN2S/c8-11-10-5-9-6-3-1-2-4-7(6)10/h1-5H. The predicted octanol–water partition coefficient (Wildman–Crippen LogP) is 2.42. The first-order chi connectivity index (χ1) is 5.42. The van der Waals surface area contributed by atoms with Crippen LogP contribution in [-0.2, 0) is 0 Å². The molecule has 0 radical (unpaired) electrons. The summed E-state index contributed by atoms with van der Waals surface area (Å²) in [5.74, 6) is 0. The fourth-order valence-electron chi connectivity index (χ4n) is 0.992. The monoisotopic (exact) mass is 168 g/mol. The van der Waals surface area contributed by atoms with Crippen LogP contribution in [0.4, 0.5) is 3.89 Å². The first-order valence-corrected chi connectivity index (χ1v) is 3.80. The summed E-state index contributed by atoms with van der Waals surface area (Å²) in [5, 5.41) is 0. The number of halogens is 1. The molecule has 0 bridgehead atoms. The van der Waals surface area contributed by atoms with Crippen LogP contribution in [0.25, 0.3) is 11.0 Å². The molecule has 1 aromatic carbocycles. The molecule has 2 rings (SSSR count). The Bertz CT molecular complexity index is 371. The normalized spacial score (nSPS) is 10.6. The average Bonchev–Trinajstić information content (AvgIpc) is 2.47. The molecule has 0 fully saturated rings. The maximum atomic E-state index is 12.1. The maximum absolute atomic E-state index is 12.1. The molecule has 2 aromatic rings. The zero-order valence-electron chi connectivity index (χ0n) is 5.57. The Morgan fingerprint density at radius 1 is 1.36 bits per heavy atom. The topological polar surface area (TPSA) is 17.8 Å². The van der Waals surface area contributed by atoms with Gasteiger partial charge in [0.2, 0.25) is 0 Å². The van der Waals surface area contributed by atoms with Crippen LogP contribution in [0.1, 0.15) is 0 Å². The Labute approximate surface area is 67.5 Å². The van der Waals surface area contributed by atoms with Crippen molar-refractivity contribution in [2.24, 2.45) is 0 Å². The van der Waals surface area contributed by atoms with E-state index in [0.29, 0.717) is 0 Å². The van der Waals surface area contributed by atoms with E-state index >= 15 is 0 Å². The van der Waals surface area contributed by atoms with Crippen LogP contribution in [0, 0.1) is 0 Å². The molecular weight excluding hydrogens is 163 g/mol. The van der Waals surface area contributed by atoms with E-state index in [1.165, 1.54) is 10.3 Å². The quantitative estimate of drug-likeness (QED) is 0.650. The largest absolute Gasteiger partial charge is 0.245 e. The van der Waals surface area contributed by atoms with Crippen LogP contribution in [0.5, 0.6) is 0 Å². The van der Waals surface area contributed by atoms with Crippen LogP contribution < -0.4 is 0 Å². The van der Waals surface area contributed by atoms with Crippen molar-refractivity contribution in [3.8, 4) is 0 Å². The molecule has 0 atom stereocenters. The van der Waals surface area contributed by atoms with Gasteiger partial charge in [-0.1, -0.05) is 12.1 Å². The number of hydrogen-bond donors (Lipinski definition) is 0. The molecule has 0 aliphatic carbocycles. The molecule has 0 saturated heterocycles. The van der Waals surface area contributed by atoms with Crippen LogP contribution >= 0.6 is 12.3 Å². The van der Waals surface area contributed by atoms with Gasteiger partial charge in [0.25, 0.3) is 0 Å². The second kappa shape index (κ2) is 2.54. The van der Waals surface area contributed by atoms with Crippen molar-refractivity contribution in [1.29, 1.82) is 0 Å². The van der Waals surface area contributed by atoms with Gasteiger partial charge in [-0.15, -0.1) is 3.89 Å². The minimum Gasteiger partial charge on any atom is -0.245 e. The average molecular weight is 168 g/mol. The third-order valence-electron chi connectivity index (χ3n) is 1.50. The third kappa shape index (κ3) is 0.991. The highest BCUT2D eigenvalue weighted by atomic mass is 32.2. The molecule has 1 aromatic heterocycles. The van der Waals surface area contributed by atoms with E-state index in [1.54, 1.807) is 0 Å². The van der Waals surface area contributed by atoms with Gasteiger partial charge >= 0.3 is 0 Å². The van der Waals surface area contributed by atoms with Crippen LogP contribution in [0.15, 0.2) is 30.6 Å². The zero-order chi connectivity index (χ0) is 7.68. The second-order valence-corrected chi connectivity index (χ2v) is 2.66. The Hall–Kier alpha value is -1.03. The number of imidazole rings is 1. The van der Waals surface area contributed by atoms with Gasteiger partial charge in [-0.2, -0.15) is 0 Å². The second-order valence-electron chi connectivity index (χ2n) is 2.13. The van der Waals surface area contributed by atoms with E-state index in [0.717, 1.165) is 11.0 Å². The number of para-hydroxylation sites is 2. The summed E-state index contributed by atoms with van der Waals surface area (Å²) < 4.78 is 13.5. The summed E-state index contributed by atoms with van der Waals surface area (Å²) in [7, 11) is 0. The van der Waals surface area contributed by atoms with Gasteiger partial charge in [0.05, 0.1) is 11.0 Å². The number of fused-ring (bicyclic) bond motifs is 1. The molecular formula is C7H5FN2S. The summed E-state index contributed by atoms with van der Waals surface area (Å²) in [6, 6.07) is 7.41. The van der Waals surface area contributed by atoms with Crippen molar-refractivity contribution in [3.05, 3.63) is 30.6 Å². The van der Waals surface area contributed by atoms with Gasteiger partial charge < -0.3 is 0 Å². The lowest BCUT2D eigenvalue weighted by Crippen LogP contribution is -1.77. The molecule has 11 heavy (non-hydrogen) atoms. The molecule has 0 amide bonds. The van der Waals surface area contributed by atoms with Gasteiger partial charge in [-0.05, 0) is 12.1 Å². The molecule has 0 aliphatic rings. The summed E-state index contributed by atoms with van der Waals surface area (Å²) in [6.45, 7) is 0. The van der Waals surface area contributed by atoms with E-state index in [-0.39, 0.29) is 12.3 Å². The molecule has 0 spiro atoms. The van der Waals surface area contributed by atoms with Crippen LogP contribution in [-0.4, -0.2) is 8.96 Å². The van der Waals surface area contributed by atoms with Crippen LogP contribution in [0.3, 0.4) is 0 Å². The number of aromatic nitrogens is 2. The van der Waals surface area contributed by atoms with Gasteiger partial charge in [0, 0.05) is 0 Å². The van der Waals surface area contributed by atoms with Gasteiger partial charge in [0.15, 0.2) is 12.3 Å². The Kier molecular flexibility index (Phi) is 1.54. The lowest BCUT2D eigenvalue weighted by atomic mass is 10.3. The van der Waals surface area contributed by atoms with E-state index in [4.69, 9.17) is 0 Å². The highest BCUT2D eigenvalue weighted by Gasteiger charge is 1.99. The summed E-state index contributed by atoms with van der Waals surface area (Å²) in [5.41, 5.74) is 1.62. The Balaban J connectivity index is 2.76. The van der Waals surface area contributed by atoms with Crippen molar-refractivity contribution in [1.82, 2.24) is 8.96 Å². The zero-order valence-corrected chi connectivity index (χ0v) is 6.38. The highest BCUT2D eigenvalue weighted by Crippen LogP contribution is 2.17. The number of benzene rings is 1. The predicted molar refractivity (Wildman–Crippen MR) is 43.8 cm³/mol. The van der Waals surface area contributed by atoms with Crippen molar-refractivity contribution in [2.45, 2.75) is 0 Å². The lowest BCUT2D eigenvalue weighted by molar-refractivity contribution is 0.919. The lowest BCUT2D eigenvalue weighted by Gasteiger charge is -1.91. The van der Waals surface area contributed by atoms with Crippen molar-refractivity contribution < 1.29 is 3.89 Å². The van der Waals surface area contributed by atoms with E-state index < -0.39 is 0 Å². The molecule has 0 aliphatic heterocycles. The van der Waals surface area contributed by atoms with Crippen molar-refractivity contribution >= 4 is 23.4 Å². The summed E-state index contributed by atoms with van der Waals surface area (Å²) in [4.78, 5) is 3.99. The van der Waals surface area contributed by atoms with Gasteiger partial charge in [0.1, 0.15) is 6.33 Å². The van der Waals surface area contributed by atoms with E-state index in [1.807, 2.05) is 24.3 Å². The molecule has 0 saturated carbocycles. The molecule has 4 heteroatoms. The van der Waals surface area contributed by atoms with Crippen molar-refractivity contribution in [2.75, 3.05) is 0 Å². The molecule has 56 valence electrons. The van der Waals surface area contributed by atoms with Crippen molar-refractivity contribution in [3.63, 3.8) is 0 Å². The highest BCUT2D eigenvalue weighted by molar-refractivity contribution is 7.92. The van der Waals surface area contributed by atoms with Crippen LogP contribution in [0.2, 0.25) is 0 Å². The molecule has 2 nitrogen and oxygen atoms in total. The fraction of sp³-hybridized carbons (Fsp3) is 0. The smallest absolute Gasteiger partial charge is 0.171 e. The first-order valence-electron chi connectivity index (χ1n) is 3.13. The summed E-state index contributed by atoms with van der Waals surface area (Å²) >= 11 is 0.159. The van der Waals surface area contributed by atoms with Gasteiger partial charge in [-0.3, -0.25) is 0 Å².